The topological polar surface area (TPSA) is 112 Å². The molecule has 4 unspecified atom stereocenters. The number of nitrogens with one attached hydrogen (secondary N) is 3. The molecule has 0 saturated heterocycles. The third-order valence-corrected chi connectivity index (χ3v) is 7.24. The highest BCUT2D eigenvalue weighted by Crippen LogP contribution is 2.47. The Hall–Kier alpha value is -0.860. The Morgan fingerprint density at radius 3 is 2.69 bits per heavy atom. The van der Waals surface area contributed by atoms with E-state index in [1.165, 1.54) is 32.1 Å². The summed E-state index contributed by atoms with van der Waals surface area (Å²) in [5, 5.41) is 28.3. The van der Waals surface area contributed by atoms with Crippen LogP contribution < -0.4 is 21.7 Å². The molecule has 7 N–H and O–H groups in total. The molecule has 1 fully saturated rings. The molecule has 1 rings (SSSR count). The molecule has 0 bridgehead atoms. The van der Waals surface area contributed by atoms with Crippen molar-refractivity contribution < 1.29 is 14.9 Å². The molecule has 0 aromatic rings. The Kier molecular flexibility index (Phi) is 16.1. The molecule has 0 aliphatic heterocycles. The smallest absolute Gasteiger partial charge is 0.0770 e. The fraction of sp³-hybridized carbons (Fsp3) is 0.929. The lowest BCUT2D eigenvalue weighted by Gasteiger charge is -2.44. The highest BCUT2D eigenvalue weighted by molar-refractivity contribution is 4.97. The van der Waals surface area contributed by atoms with Gasteiger partial charge in [0.15, 0.2) is 0 Å². The fourth-order valence-corrected chi connectivity index (χ4v) is 6.03. The van der Waals surface area contributed by atoms with Crippen LogP contribution in [0.2, 0.25) is 0 Å². The van der Waals surface area contributed by atoms with Crippen LogP contribution in [0.3, 0.4) is 0 Å². The summed E-state index contributed by atoms with van der Waals surface area (Å²) >= 11 is 0. The molecule has 0 aromatic heterocycles. The van der Waals surface area contributed by atoms with Crippen molar-refractivity contribution in [2.24, 2.45) is 23.0 Å². The van der Waals surface area contributed by atoms with Gasteiger partial charge < -0.3 is 36.6 Å². The summed E-state index contributed by atoms with van der Waals surface area (Å²) in [7, 11) is 0. The molecule has 7 nitrogen and oxygen atoms in total. The Morgan fingerprint density at radius 1 is 1.20 bits per heavy atom. The monoisotopic (exact) mass is 498 g/mol. The van der Waals surface area contributed by atoms with E-state index in [1.807, 2.05) is 6.20 Å². The van der Waals surface area contributed by atoms with Crippen LogP contribution in [0, 0.1) is 17.3 Å². The molecule has 0 spiro atoms. The molecule has 35 heavy (non-hydrogen) atoms. The fourth-order valence-electron chi connectivity index (χ4n) is 6.03. The van der Waals surface area contributed by atoms with E-state index in [0.717, 1.165) is 63.0 Å². The van der Waals surface area contributed by atoms with E-state index in [0.29, 0.717) is 25.0 Å². The van der Waals surface area contributed by atoms with Crippen LogP contribution >= 0.6 is 0 Å². The standard InChI is InChI=1S/C28H58N4O3/c1-6-32-27(3,4)18-24-16-23(2)17-28(5,19-24)11-9-14-35-15-13-31-21-25(29)20-30-12-8-7-10-26(34)22-33/h21,23-24,26,30-34H,6-20,22,29H2,1-5H3/b25-21-. The Labute approximate surface area is 216 Å². The van der Waals surface area contributed by atoms with Gasteiger partial charge in [-0.25, -0.2) is 0 Å². The highest BCUT2D eigenvalue weighted by Gasteiger charge is 2.37. The number of rotatable bonds is 20. The van der Waals surface area contributed by atoms with Gasteiger partial charge in [0.2, 0.25) is 0 Å². The van der Waals surface area contributed by atoms with Crippen LogP contribution in [0.5, 0.6) is 0 Å². The van der Waals surface area contributed by atoms with Gasteiger partial charge >= 0.3 is 0 Å². The van der Waals surface area contributed by atoms with Gasteiger partial charge in [-0.3, -0.25) is 0 Å². The number of ether oxygens (including phenoxy) is 1. The first-order chi connectivity index (χ1) is 16.6. The highest BCUT2D eigenvalue weighted by atomic mass is 16.5. The van der Waals surface area contributed by atoms with Gasteiger partial charge in [-0.1, -0.05) is 20.8 Å². The minimum absolute atomic E-state index is 0.159. The summed E-state index contributed by atoms with van der Waals surface area (Å²) in [6.45, 7) is 16.5. The second kappa shape index (κ2) is 17.6. The lowest BCUT2D eigenvalue weighted by Crippen LogP contribution is -2.43. The third kappa shape index (κ3) is 15.8. The zero-order valence-corrected chi connectivity index (χ0v) is 23.5. The Balaban J connectivity index is 2.12. The molecule has 0 radical (unpaired) electrons. The summed E-state index contributed by atoms with van der Waals surface area (Å²) in [5.41, 5.74) is 7.45. The van der Waals surface area contributed by atoms with Crippen LogP contribution in [0.25, 0.3) is 0 Å². The zero-order chi connectivity index (χ0) is 26.2. The van der Waals surface area contributed by atoms with E-state index in [4.69, 9.17) is 15.6 Å². The molecular formula is C28H58N4O3. The van der Waals surface area contributed by atoms with Crippen molar-refractivity contribution in [3.05, 3.63) is 11.9 Å². The predicted octanol–water partition coefficient (Wildman–Crippen LogP) is 3.51. The zero-order valence-electron chi connectivity index (χ0n) is 23.5. The second-order valence-corrected chi connectivity index (χ2v) is 11.9. The quantitative estimate of drug-likeness (QED) is 0.142. The van der Waals surface area contributed by atoms with E-state index in [-0.39, 0.29) is 12.1 Å². The normalized spacial score (nSPS) is 24.5. The summed E-state index contributed by atoms with van der Waals surface area (Å²) in [6, 6.07) is 0. The number of unbranched alkanes of at least 4 members (excludes halogenated alkanes) is 1. The predicted molar refractivity (Wildman–Crippen MR) is 147 cm³/mol. The summed E-state index contributed by atoms with van der Waals surface area (Å²) in [6.07, 6.45) is 11.4. The number of hydrogen-bond acceptors (Lipinski definition) is 7. The van der Waals surface area contributed by atoms with Crippen molar-refractivity contribution >= 4 is 0 Å². The van der Waals surface area contributed by atoms with Gasteiger partial charge in [0.1, 0.15) is 0 Å². The molecule has 208 valence electrons. The van der Waals surface area contributed by atoms with Gasteiger partial charge in [-0.15, -0.1) is 0 Å². The second-order valence-electron chi connectivity index (χ2n) is 11.9. The minimum Gasteiger partial charge on any atom is -0.400 e. The van der Waals surface area contributed by atoms with Gasteiger partial charge in [-0.05, 0) is 102 Å². The van der Waals surface area contributed by atoms with Gasteiger partial charge in [0.25, 0.3) is 0 Å². The number of nitrogens with two attached hydrogens (primary N) is 1. The largest absolute Gasteiger partial charge is 0.400 e. The SMILES string of the molecule is CCNC(C)(C)CC1CC(C)CC(C)(CCCOCCN/C=C(\N)CNCCCCC(O)CO)C1. The van der Waals surface area contributed by atoms with E-state index in [1.54, 1.807) is 0 Å². The van der Waals surface area contributed by atoms with Crippen LogP contribution in [-0.4, -0.2) is 67.9 Å². The average molecular weight is 499 g/mol. The first-order valence-electron chi connectivity index (χ1n) is 14.1. The number of aliphatic hydroxyl groups excluding tert-OH is 2. The van der Waals surface area contributed by atoms with Crippen LogP contribution in [-0.2, 0) is 4.74 Å². The van der Waals surface area contributed by atoms with Crippen molar-refractivity contribution in [2.75, 3.05) is 46.0 Å². The lowest BCUT2D eigenvalue weighted by atomic mass is 9.63. The first kappa shape index (κ1) is 32.2. The maximum atomic E-state index is 9.31. The van der Waals surface area contributed by atoms with E-state index in [9.17, 15) is 5.11 Å². The van der Waals surface area contributed by atoms with Crippen molar-refractivity contribution in [3.8, 4) is 0 Å². The van der Waals surface area contributed by atoms with E-state index in [2.05, 4.69) is 50.6 Å². The number of aliphatic hydroxyl groups is 2. The van der Waals surface area contributed by atoms with Crippen molar-refractivity contribution in [2.45, 2.75) is 104 Å². The lowest BCUT2D eigenvalue weighted by molar-refractivity contribution is 0.0679. The maximum Gasteiger partial charge on any atom is 0.0770 e. The van der Waals surface area contributed by atoms with Crippen LogP contribution in [0.4, 0.5) is 0 Å². The third-order valence-electron chi connectivity index (χ3n) is 7.24. The molecule has 1 aliphatic rings. The van der Waals surface area contributed by atoms with Gasteiger partial charge in [0, 0.05) is 37.1 Å². The Morgan fingerprint density at radius 2 is 1.97 bits per heavy atom. The summed E-state index contributed by atoms with van der Waals surface area (Å²) < 4.78 is 5.88. The van der Waals surface area contributed by atoms with Crippen LogP contribution in [0.15, 0.2) is 11.9 Å². The van der Waals surface area contributed by atoms with Crippen molar-refractivity contribution in [3.63, 3.8) is 0 Å². The molecule has 4 atom stereocenters. The Bertz CT molecular complexity index is 572. The average Bonchev–Trinajstić information content (AvgIpc) is 2.76. The molecular weight excluding hydrogens is 440 g/mol. The molecule has 1 saturated carbocycles. The minimum atomic E-state index is -0.594. The summed E-state index contributed by atoms with van der Waals surface area (Å²) in [5.74, 6) is 1.63. The molecule has 0 heterocycles. The molecule has 0 aromatic carbocycles. The first-order valence-corrected chi connectivity index (χ1v) is 14.1. The molecule has 0 amide bonds. The van der Waals surface area contributed by atoms with E-state index < -0.39 is 6.10 Å². The van der Waals surface area contributed by atoms with Gasteiger partial charge in [0.05, 0.1) is 19.3 Å². The van der Waals surface area contributed by atoms with E-state index >= 15 is 0 Å². The molecule has 7 heteroatoms. The number of hydrogen-bond donors (Lipinski definition) is 6. The van der Waals surface area contributed by atoms with Gasteiger partial charge in [-0.2, -0.15) is 0 Å². The van der Waals surface area contributed by atoms with Crippen LogP contribution in [0.1, 0.15) is 92.4 Å². The molecule has 1 aliphatic carbocycles. The summed E-state index contributed by atoms with van der Waals surface area (Å²) in [4.78, 5) is 0. The maximum absolute atomic E-state index is 9.31. The van der Waals surface area contributed by atoms with Crippen molar-refractivity contribution in [1.82, 2.24) is 16.0 Å². The van der Waals surface area contributed by atoms with Crippen molar-refractivity contribution in [1.29, 1.82) is 0 Å².